The Balaban J connectivity index is 1.86. The molecule has 1 unspecified atom stereocenters. The van der Waals surface area contributed by atoms with Crippen LogP contribution in [0.5, 0.6) is 0 Å². The molecule has 20 heavy (non-hydrogen) atoms. The van der Waals surface area contributed by atoms with Crippen molar-refractivity contribution in [2.24, 2.45) is 0 Å². The van der Waals surface area contributed by atoms with Crippen molar-refractivity contribution in [2.75, 3.05) is 19.6 Å². The van der Waals surface area contributed by atoms with Crippen molar-refractivity contribution < 1.29 is 19.6 Å². The molecule has 0 saturated carbocycles. The number of hydrogen-bond acceptors (Lipinski definition) is 3. The number of amides is 1. The monoisotopic (exact) mass is 276 g/mol. The Morgan fingerprint density at radius 3 is 2.80 bits per heavy atom. The number of rotatable bonds is 6. The molecule has 1 fully saturated rings. The minimum absolute atomic E-state index is 0.171. The summed E-state index contributed by atoms with van der Waals surface area (Å²) in [5.74, 6) is -1.33. The summed E-state index contributed by atoms with van der Waals surface area (Å²) in [6.07, 6.45) is 1.69. The second-order valence-electron chi connectivity index (χ2n) is 5.17. The van der Waals surface area contributed by atoms with Crippen molar-refractivity contribution in [3.63, 3.8) is 0 Å². The lowest BCUT2D eigenvalue weighted by Crippen LogP contribution is -3.19. The van der Waals surface area contributed by atoms with Crippen LogP contribution < -0.4 is 15.3 Å². The molecule has 2 N–H and O–H groups in total. The zero-order chi connectivity index (χ0) is 14.4. The minimum atomic E-state index is -1.16. The molecule has 2 rings (SSSR count). The van der Waals surface area contributed by atoms with Crippen LogP contribution in [0.1, 0.15) is 18.4 Å². The SMILES string of the molecule is O=C([O-])C[C@@H]1C(=O)NCC[NH+]1CCCc1ccccc1. The van der Waals surface area contributed by atoms with E-state index in [1.165, 1.54) is 5.56 Å². The van der Waals surface area contributed by atoms with Gasteiger partial charge in [0, 0.05) is 18.8 Å². The molecule has 0 spiro atoms. The van der Waals surface area contributed by atoms with Crippen molar-refractivity contribution in [2.45, 2.75) is 25.3 Å². The van der Waals surface area contributed by atoms with Crippen molar-refractivity contribution in [3.8, 4) is 0 Å². The molecule has 0 aromatic heterocycles. The molecule has 1 aromatic rings. The fourth-order valence-corrected chi connectivity index (χ4v) is 2.70. The molecule has 1 amide bonds. The summed E-state index contributed by atoms with van der Waals surface area (Å²) < 4.78 is 0. The van der Waals surface area contributed by atoms with E-state index in [-0.39, 0.29) is 12.3 Å². The third-order valence-corrected chi connectivity index (χ3v) is 3.73. The Hall–Kier alpha value is -1.88. The minimum Gasteiger partial charge on any atom is -0.550 e. The molecule has 1 saturated heterocycles. The van der Waals surface area contributed by atoms with Crippen molar-refractivity contribution >= 4 is 11.9 Å². The van der Waals surface area contributed by atoms with Gasteiger partial charge in [-0.25, -0.2) is 0 Å². The number of benzene rings is 1. The highest BCUT2D eigenvalue weighted by Gasteiger charge is 2.32. The van der Waals surface area contributed by atoms with Gasteiger partial charge in [0.25, 0.3) is 5.91 Å². The quantitative estimate of drug-likeness (QED) is 0.640. The number of aliphatic carboxylic acids is 1. The Kier molecular flexibility index (Phi) is 5.12. The smallest absolute Gasteiger partial charge is 0.278 e. The molecule has 108 valence electrons. The molecule has 1 heterocycles. The summed E-state index contributed by atoms with van der Waals surface area (Å²) >= 11 is 0. The molecule has 0 bridgehead atoms. The van der Waals surface area contributed by atoms with Crippen LogP contribution in [0.3, 0.4) is 0 Å². The third kappa shape index (κ3) is 4.06. The van der Waals surface area contributed by atoms with Crippen LogP contribution >= 0.6 is 0 Å². The summed E-state index contributed by atoms with van der Waals surface area (Å²) in [6.45, 7) is 2.20. The highest BCUT2D eigenvalue weighted by atomic mass is 16.4. The van der Waals surface area contributed by atoms with Gasteiger partial charge in [-0.15, -0.1) is 0 Å². The van der Waals surface area contributed by atoms with Crippen molar-refractivity contribution in [1.29, 1.82) is 0 Å². The number of nitrogens with one attached hydrogen (secondary N) is 2. The largest absolute Gasteiger partial charge is 0.550 e. The topological polar surface area (TPSA) is 73.7 Å². The van der Waals surface area contributed by atoms with Gasteiger partial charge in [0.1, 0.15) is 0 Å². The maximum Gasteiger partial charge on any atom is 0.278 e. The lowest BCUT2D eigenvalue weighted by atomic mass is 10.1. The van der Waals surface area contributed by atoms with Crippen LogP contribution in [-0.4, -0.2) is 37.6 Å². The summed E-state index contributed by atoms with van der Waals surface area (Å²) in [7, 11) is 0. The second kappa shape index (κ2) is 7.05. The van der Waals surface area contributed by atoms with E-state index in [1.807, 2.05) is 18.2 Å². The Morgan fingerprint density at radius 1 is 1.35 bits per heavy atom. The first kappa shape index (κ1) is 14.5. The van der Waals surface area contributed by atoms with Crippen LogP contribution in [0.25, 0.3) is 0 Å². The average molecular weight is 276 g/mol. The number of carboxylic acids is 1. The van der Waals surface area contributed by atoms with Crippen molar-refractivity contribution in [1.82, 2.24) is 5.32 Å². The molecule has 5 heteroatoms. The second-order valence-corrected chi connectivity index (χ2v) is 5.17. The third-order valence-electron chi connectivity index (χ3n) is 3.73. The van der Waals surface area contributed by atoms with E-state index in [9.17, 15) is 14.7 Å². The average Bonchev–Trinajstić information content (AvgIpc) is 2.43. The number of piperazine rings is 1. The molecule has 1 aliphatic rings. The molecule has 0 radical (unpaired) electrons. The van der Waals surface area contributed by atoms with Crippen LogP contribution in [-0.2, 0) is 16.0 Å². The summed E-state index contributed by atoms with van der Waals surface area (Å²) in [6, 6.07) is 9.66. The van der Waals surface area contributed by atoms with Gasteiger partial charge in [0.15, 0.2) is 6.04 Å². The highest BCUT2D eigenvalue weighted by molar-refractivity contribution is 5.84. The molecule has 0 aliphatic carbocycles. The Morgan fingerprint density at radius 2 is 2.10 bits per heavy atom. The lowest BCUT2D eigenvalue weighted by molar-refractivity contribution is -0.917. The fourth-order valence-electron chi connectivity index (χ4n) is 2.70. The number of carbonyl (C=O) groups excluding carboxylic acids is 2. The summed E-state index contributed by atoms with van der Waals surface area (Å²) in [5, 5.41) is 13.5. The Bertz CT molecular complexity index is 461. The number of quaternary nitrogens is 1. The normalized spacial score (nSPS) is 22.3. The van der Waals surface area contributed by atoms with Gasteiger partial charge in [-0.3, -0.25) is 4.79 Å². The van der Waals surface area contributed by atoms with Gasteiger partial charge in [0.2, 0.25) is 0 Å². The standard InChI is InChI=1S/C15H20N2O3/c18-14(19)11-13-15(20)16-8-10-17(13)9-4-7-12-5-2-1-3-6-12/h1-3,5-6,13H,4,7-11H2,(H,16,20)(H,18,19)/t13-/m1/s1. The van der Waals surface area contributed by atoms with Gasteiger partial charge in [0.05, 0.1) is 19.6 Å². The van der Waals surface area contributed by atoms with Crippen LogP contribution in [0.15, 0.2) is 30.3 Å². The van der Waals surface area contributed by atoms with E-state index in [2.05, 4.69) is 17.4 Å². The molecular formula is C15H20N2O3. The lowest BCUT2D eigenvalue weighted by Gasteiger charge is -2.32. The molecule has 1 aromatic carbocycles. The van der Waals surface area contributed by atoms with Crippen LogP contribution in [0.4, 0.5) is 0 Å². The van der Waals surface area contributed by atoms with E-state index in [4.69, 9.17) is 0 Å². The highest BCUT2D eigenvalue weighted by Crippen LogP contribution is 2.01. The Labute approximate surface area is 118 Å². The predicted octanol–water partition coefficient (Wildman–Crippen LogP) is -1.86. The number of carbonyl (C=O) groups is 2. The first-order chi connectivity index (χ1) is 9.66. The maximum absolute atomic E-state index is 11.8. The number of carboxylic acid groups (broad SMARTS) is 1. The van der Waals surface area contributed by atoms with Gasteiger partial charge >= 0.3 is 0 Å². The van der Waals surface area contributed by atoms with Gasteiger partial charge in [-0.05, 0) is 12.0 Å². The van der Waals surface area contributed by atoms with Crippen molar-refractivity contribution in [3.05, 3.63) is 35.9 Å². The summed E-state index contributed by atoms with van der Waals surface area (Å²) in [5.41, 5.74) is 1.27. The van der Waals surface area contributed by atoms with Gasteiger partial charge < -0.3 is 20.1 Å². The number of aryl methyl sites for hydroxylation is 1. The van der Waals surface area contributed by atoms with E-state index in [0.717, 1.165) is 30.8 Å². The summed E-state index contributed by atoms with van der Waals surface area (Å²) in [4.78, 5) is 23.5. The molecule has 2 atom stereocenters. The fraction of sp³-hybridized carbons (Fsp3) is 0.467. The first-order valence-electron chi connectivity index (χ1n) is 7.03. The molecule has 5 nitrogen and oxygen atoms in total. The first-order valence-corrected chi connectivity index (χ1v) is 7.03. The van der Waals surface area contributed by atoms with Gasteiger partial charge in [-0.1, -0.05) is 30.3 Å². The van der Waals surface area contributed by atoms with E-state index in [0.29, 0.717) is 6.54 Å². The predicted molar refractivity (Wildman–Crippen MR) is 71.9 cm³/mol. The number of hydrogen-bond donors (Lipinski definition) is 2. The molecular weight excluding hydrogens is 256 g/mol. The maximum atomic E-state index is 11.8. The van der Waals surface area contributed by atoms with E-state index in [1.54, 1.807) is 0 Å². The zero-order valence-corrected chi connectivity index (χ0v) is 11.4. The van der Waals surface area contributed by atoms with E-state index < -0.39 is 12.0 Å². The molecule has 1 aliphatic heterocycles. The van der Waals surface area contributed by atoms with E-state index >= 15 is 0 Å². The van der Waals surface area contributed by atoms with Gasteiger partial charge in [-0.2, -0.15) is 0 Å². The van der Waals surface area contributed by atoms with Crippen LogP contribution in [0.2, 0.25) is 0 Å². The zero-order valence-electron chi connectivity index (χ0n) is 11.4. The van der Waals surface area contributed by atoms with Crippen LogP contribution in [0, 0.1) is 0 Å².